The van der Waals surface area contributed by atoms with Crippen molar-refractivity contribution < 1.29 is 17.3 Å². The molecule has 4 rings (SSSR count). The highest BCUT2D eigenvalue weighted by Gasteiger charge is 2.45. The standard InChI is InChI=1S/C16H20N2O4S/c19-23(20,17-9-1-5-15(17)16-6-3-11-22-16)18(13-7-8-13)12-14-4-2-10-21-14/h2-4,6,10-11,13,15H,1,5,7-9,12H2/t15-/m1/s1. The molecule has 2 aliphatic rings. The SMILES string of the molecule is O=S(=O)(N(Cc1ccco1)C1CC1)N1CCC[C@@H]1c1ccco1. The summed E-state index contributed by atoms with van der Waals surface area (Å²) in [5.74, 6) is 1.40. The monoisotopic (exact) mass is 336 g/mol. The van der Waals surface area contributed by atoms with Gasteiger partial charge in [-0.05, 0) is 49.9 Å². The molecule has 0 aromatic carbocycles. The molecule has 23 heavy (non-hydrogen) atoms. The zero-order valence-electron chi connectivity index (χ0n) is 12.8. The van der Waals surface area contributed by atoms with Crippen molar-refractivity contribution in [3.8, 4) is 0 Å². The second-order valence-corrected chi connectivity index (χ2v) is 7.98. The number of furan rings is 2. The molecule has 124 valence electrons. The van der Waals surface area contributed by atoms with Gasteiger partial charge in [0.05, 0.1) is 25.1 Å². The zero-order chi connectivity index (χ0) is 15.9. The van der Waals surface area contributed by atoms with Crippen molar-refractivity contribution >= 4 is 10.2 Å². The largest absolute Gasteiger partial charge is 0.468 e. The highest BCUT2D eigenvalue weighted by atomic mass is 32.2. The van der Waals surface area contributed by atoms with Crippen molar-refractivity contribution in [3.05, 3.63) is 48.3 Å². The predicted molar refractivity (Wildman–Crippen MR) is 83.6 cm³/mol. The van der Waals surface area contributed by atoms with E-state index in [9.17, 15) is 8.42 Å². The van der Waals surface area contributed by atoms with E-state index in [0.29, 0.717) is 18.8 Å². The van der Waals surface area contributed by atoms with Crippen molar-refractivity contribution in [1.29, 1.82) is 0 Å². The lowest BCUT2D eigenvalue weighted by Crippen LogP contribution is -2.44. The predicted octanol–water partition coefficient (Wildman–Crippen LogP) is 2.92. The summed E-state index contributed by atoms with van der Waals surface area (Å²) in [6, 6.07) is 7.15. The summed E-state index contributed by atoms with van der Waals surface area (Å²) in [4.78, 5) is 0. The molecule has 0 unspecified atom stereocenters. The van der Waals surface area contributed by atoms with E-state index in [1.54, 1.807) is 33.3 Å². The fraction of sp³-hybridized carbons (Fsp3) is 0.500. The van der Waals surface area contributed by atoms with Crippen LogP contribution in [0.4, 0.5) is 0 Å². The summed E-state index contributed by atoms with van der Waals surface area (Å²) in [7, 11) is -3.54. The van der Waals surface area contributed by atoms with Crippen LogP contribution in [-0.2, 0) is 16.8 Å². The summed E-state index contributed by atoms with van der Waals surface area (Å²) in [6.45, 7) is 0.830. The minimum Gasteiger partial charge on any atom is -0.468 e. The molecule has 1 aliphatic heterocycles. The fourth-order valence-corrected chi connectivity index (χ4v) is 5.27. The first-order chi connectivity index (χ1) is 11.2. The first-order valence-corrected chi connectivity index (χ1v) is 9.40. The van der Waals surface area contributed by atoms with Gasteiger partial charge in [-0.25, -0.2) is 0 Å². The molecule has 1 aliphatic carbocycles. The normalized spacial score (nSPS) is 22.9. The highest BCUT2D eigenvalue weighted by Crippen LogP contribution is 2.39. The van der Waals surface area contributed by atoms with Crippen molar-refractivity contribution in [3.63, 3.8) is 0 Å². The van der Waals surface area contributed by atoms with E-state index in [1.807, 2.05) is 12.1 Å². The van der Waals surface area contributed by atoms with Gasteiger partial charge in [0.15, 0.2) is 0 Å². The molecule has 0 N–H and O–H groups in total. The third-order valence-corrected chi connectivity index (χ3v) is 6.56. The lowest BCUT2D eigenvalue weighted by Gasteiger charge is -2.29. The van der Waals surface area contributed by atoms with Gasteiger partial charge in [0.2, 0.25) is 0 Å². The summed E-state index contributed by atoms with van der Waals surface area (Å²) < 4.78 is 40.4. The fourth-order valence-electron chi connectivity index (χ4n) is 3.23. The van der Waals surface area contributed by atoms with Gasteiger partial charge in [-0.3, -0.25) is 0 Å². The smallest absolute Gasteiger partial charge is 0.283 e. The first-order valence-electron chi connectivity index (χ1n) is 8.00. The van der Waals surface area contributed by atoms with Gasteiger partial charge in [-0.1, -0.05) is 0 Å². The molecule has 2 fully saturated rings. The molecule has 1 atom stereocenters. The average molecular weight is 336 g/mol. The Balaban J connectivity index is 1.62. The van der Waals surface area contributed by atoms with Crippen LogP contribution in [0.2, 0.25) is 0 Å². The molecule has 7 heteroatoms. The summed E-state index contributed by atoms with van der Waals surface area (Å²) in [5, 5.41) is 0. The van der Waals surface area contributed by atoms with Crippen LogP contribution in [0.15, 0.2) is 45.6 Å². The van der Waals surface area contributed by atoms with Crippen molar-refractivity contribution in [2.24, 2.45) is 0 Å². The number of rotatable bonds is 6. The molecule has 1 saturated heterocycles. The van der Waals surface area contributed by atoms with Gasteiger partial charge in [-0.15, -0.1) is 0 Å². The Kier molecular flexibility index (Phi) is 3.79. The summed E-state index contributed by atoms with van der Waals surface area (Å²) >= 11 is 0. The third-order valence-electron chi connectivity index (χ3n) is 4.51. The van der Waals surface area contributed by atoms with Gasteiger partial charge in [-0.2, -0.15) is 17.0 Å². The molecule has 6 nitrogen and oxygen atoms in total. The van der Waals surface area contributed by atoms with E-state index in [-0.39, 0.29) is 12.1 Å². The van der Waals surface area contributed by atoms with E-state index in [1.165, 1.54) is 0 Å². The van der Waals surface area contributed by atoms with Crippen molar-refractivity contribution in [2.75, 3.05) is 6.54 Å². The average Bonchev–Trinajstić information content (AvgIpc) is 3.03. The summed E-state index contributed by atoms with van der Waals surface area (Å²) in [6.07, 6.45) is 6.66. The summed E-state index contributed by atoms with van der Waals surface area (Å²) in [5.41, 5.74) is 0. The van der Waals surface area contributed by atoms with Crippen LogP contribution < -0.4 is 0 Å². The molecule has 1 saturated carbocycles. The quantitative estimate of drug-likeness (QED) is 0.813. The lowest BCUT2D eigenvalue weighted by molar-refractivity contribution is 0.284. The minimum absolute atomic E-state index is 0.0861. The lowest BCUT2D eigenvalue weighted by atomic mass is 10.2. The first kappa shape index (κ1) is 15.0. The zero-order valence-corrected chi connectivity index (χ0v) is 13.6. The van der Waals surface area contributed by atoms with E-state index in [2.05, 4.69) is 0 Å². The maximum atomic E-state index is 13.2. The molecule has 0 radical (unpaired) electrons. The molecular formula is C16H20N2O4S. The number of nitrogens with zero attached hydrogens (tertiary/aromatic N) is 2. The van der Waals surface area contributed by atoms with E-state index in [4.69, 9.17) is 8.83 Å². The number of hydrogen-bond donors (Lipinski definition) is 0. The second-order valence-electron chi connectivity index (χ2n) is 6.15. The molecule has 0 amide bonds. The highest BCUT2D eigenvalue weighted by molar-refractivity contribution is 7.86. The molecular weight excluding hydrogens is 316 g/mol. The molecule has 0 spiro atoms. The molecule has 0 bridgehead atoms. The molecule has 2 aromatic heterocycles. The topological polar surface area (TPSA) is 66.9 Å². The Hall–Kier alpha value is -1.57. The van der Waals surface area contributed by atoms with Crippen LogP contribution >= 0.6 is 0 Å². The van der Waals surface area contributed by atoms with Crippen molar-refractivity contribution in [2.45, 2.75) is 44.3 Å². The Morgan fingerprint density at radius 2 is 1.91 bits per heavy atom. The second kappa shape index (κ2) is 5.81. The van der Waals surface area contributed by atoms with Crippen LogP contribution in [0.5, 0.6) is 0 Å². The van der Waals surface area contributed by atoms with Gasteiger partial charge in [0.1, 0.15) is 11.5 Å². The molecule has 2 aromatic rings. The van der Waals surface area contributed by atoms with Crippen LogP contribution in [0.25, 0.3) is 0 Å². The van der Waals surface area contributed by atoms with Gasteiger partial charge >= 0.3 is 0 Å². The van der Waals surface area contributed by atoms with Crippen LogP contribution in [0.1, 0.15) is 43.2 Å². The molecule has 3 heterocycles. The van der Waals surface area contributed by atoms with Gasteiger partial charge in [0, 0.05) is 12.6 Å². The van der Waals surface area contributed by atoms with Crippen molar-refractivity contribution in [1.82, 2.24) is 8.61 Å². The Labute approximate surface area is 135 Å². The Morgan fingerprint density at radius 3 is 2.57 bits per heavy atom. The third kappa shape index (κ3) is 2.84. The maximum absolute atomic E-state index is 13.2. The van der Waals surface area contributed by atoms with E-state index < -0.39 is 10.2 Å². The van der Waals surface area contributed by atoms with Gasteiger partial charge < -0.3 is 8.83 Å². The van der Waals surface area contributed by atoms with Crippen LogP contribution in [-0.4, -0.2) is 29.6 Å². The maximum Gasteiger partial charge on any atom is 0.283 e. The minimum atomic E-state index is -3.54. The Bertz CT molecular complexity index is 727. The van der Waals surface area contributed by atoms with E-state index >= 15 is 0 Å². The van der Waals surface area contributed by atoms with Gasteiger partial charge in [0.25, 0.3) is 10.2 Å². The van der Waals surface area contributed by atoms with Crippen LogP contribution in [0.3, 0.4) is 0 Å². The Morgan fingerprint density at radius 1 is 1.13 bits per heavy atom. The number of hydrogen-bond acceptors (Lipinski definition) is 4. The van der Waals surface area contributed by atoms with Crippen LogP contribution in [0, 0.1) is 0 Å². The van der Waals surface area contributed by atoms with E-state index in [0.717, 1.165) is 31.4 Å².